The topological polar surface area (TPSA) is 105 Å². The van der Waals surface area contributed by atoms with E-state index in [1.54, 1.807) is 31.2 Å². The molecule has 0 saturated heterocycles. The molecule has 0 fully saturated rings. The number of H-pyrrole nitrogens is 1. The van der Waals surface area contributed by atoms with Crippen LogP contribution in [0.25, 0.3) is 10.9 Å². The summed E-state index contributed by atoms with van der Waals surface area (Å²) < 4.78 is 1.49. The van der Waals surface area contributed by atoms with Crippen molar-refractivity contribution in [1.82, 2.24) is 19.7 Å². The van der Waals surface area contributed by atoms with Crippen LogP contribution in [0.1, 0.15) is 31.4 Å². The summed E-state index contributed by atoms with van der Waals surface area (Å²) in [5, 5.41) is 10.9. The number of aromatic nitrogens is 4. The van der Waals surface area contributed by atoms with E-state index in [0.717, 1.165) is 18.4 Å². The zero-order valence-electron chi connectivity index (χ0n) is 17.2. The van der Waals surface area contributed by atoms with Crippen molar-refractivity contribution in [3.8, 4) is 0 Å². The summed E-state index contributed by atoms with van der Waals surface area (Å²) in [6.07, 6.45) is 6.95. The van der Waals surface area contributed by atoms with Crippen molar-refractivity contribution in [2.24, 2.45) is 0 Å². The van der Waals surface area contributed by atoms with Crippen molar-refractivity contribution < 1.29 is 9.59 Å². The predicted molar refractivity (Wildman–Crippen MR) is 120 cm³/mol. The minimum atomic E-state index is -0.473. The van der Waals surface area contributed by atoms with Gasteiger partial charge in [0.1, 0.15) is 18.7 Å². The van der Waals surface area contributed by atoms with Crippen LogP contribution in [0.2, 0.25) is 0 Å². The van der Waals surface area contributed by atoms with Crippen molar-refractivity contribution in [2.75, 3.05) is 10.6 Å². The highest BCUT2D eigenvalue weighted by Gasteiger charge is 2.15. The Hall–Kier alpha value is -3.94. The Morgan fingerprint density at radius 3 is 2.55 bits per heavy atom. The van der Waals surface area contributed by atoms with Gasteiger partial charge in [-0.2, -0.15) is 5.10 Å². The smallest absolute Gasteiger partial charge is 0.249 e. The van der Waals surface area contributed by atoms with E-state index in [2.05, 4.69) is 31.8 Å². The van der Waals surface area contributed by atoms with Gasteiger partial charge < -0.3 is 15.6 Å². The summed E-state index contributed by atoms with van der Waals surface area (Å²) in [7, 11) is 0. The number of anilines is 2. The number of nitrogens with one attached hydrogen (secondary N) is 3. The van der Waals surface area contributed by atoms with Gasteiger partial charge in [-0.25, -0.2) is 9.67 Å². The highest BCUT2D eigenvalue weighted by molar-refractivity contribution is 5.94. The molecule has 0 aliphatic rings. The van der Waals surface area contributed by atoms with Crippen molar-refractivity contribution in [1.29, 1.82) is 0 Å². The van der Waals surface area contributed by atoms with Crippen LogP contribution in [-0.4, -0.2) is 31.6 Å². The van der Waals surface area contributed by atoms with E-state index < -0.39 is 6.04 Å². The Balaban J connectivity index is 1.24. The van der Waals surface area contributed by atoms with Gasteiger partial charge in [-0.1, -0.05) is 18.2 Å². The maximum Gasteiger partial charge on any atom is 0.249 e. The van der Waals surface area contributed by atoms with E-state index in [1.807, 2.05) is 24.4 Å². The summed E-state index contributed by atoms with van der Waals surface area (Å²) in [6, 6.07) is 14.7. The standard InChI is InChI=1S/C23H24N6O2/c1-16(29-15-24-14-26-29)23(31)28-19-11-9-18(10-12-19)27-22(30)8-4-5-17-13-25-21-7-3-2-6-20(17)21/h2-3,6-7,9-16,25H,4-5,8H2,1H3,(H,27,30)(H,28,31). The molecule has 0 radical (unpaired) electrons. The molecule has 0 saturated carbocycles. The molecule has 0 aliphatic carbocycles. The molecule has 31 heavy (non-hydrogen) atoms. The van der Waals surface area contributed by atoms with Gasteiger partial charge in [0.25, 0.3) is 0 Å². The van der Waals surface area contributed by atoms with Crippen molar-refractivity contribution in [2.45, 2.75) is 32.2 Å². The number of aryl methyl sites for hydroxylation is 1. The number of fused-ring (bicyclic) bond motifs is 1. The van der Waals surface area contributed by atoms with E-state index in [9.17, 15) is 9.59 Å². The number of hydrogen-bond donors (Lipinski definition) is 3. The van der Waals surface area contributed by atoms with Gasteiger partial charge in [0, 0.05) is 34.9 Å². The maximum absolute atomic E-state index is 12.3. The summed E-state index contributed by atoms with van der Waals surface area (Å²) in [4.78, 5) is 31.7. The number of nitrogens with zero attached hydrogens (tertiary/aromatic N) is 3. The fourth-order valence-corrected chi connectivity index (χ4v) is 3.42. The van der Waals surface area contributed by atoms with Gasteiger partial charge in [-0.05, 0) is 55.7 Å². The number of benzene rings is 2. The van der Waals surface area contributed by atoms with Crippen molar-refractivity contribution >= 4 is 34.1 Å². The molecule has 2 aromatic carbocycles. The van der Waals surface area contributed by atoms with E-state index in [-0.39, 0.29) is 11.8 Å². The average Bonchev–Trinajstić information content (AvgIpc) is 3.45. The lowest BCUT2D eigenvalue weighted by Crippen LogP contribution is -2.24. The first-order valence-corrected chi connectivity index (χ1v) is 10.2. The van der Waals surface area contributed by atoms with Crippen LogP contribution in [-0.2, 0) is 16.0 Å². The zero-order valence-corrected chi connectivity index (χ0v) is 17.2. The molecular formula is C23H24N6O2. The molecule has 0 bridgehead atoms. The van der Waals surface area contributed by atoms with Gasteiger partial charge >= 0.3 is 0 Å². The van der Waals surface area contributed by atoms with Crippen molar-refractivity contribution in [3.63, 3.8) is 0 Å². The number of rotatable bonds is 8. The van der Waals surface area contributed by atoms with E-state index in [1.165, 1.54) is 28.3 Å². The van der Waals surface area contributed by atoms with E-state index >= 15 is 0 Å². The zero-order chi connectivity index (χ0) is 21.6. The minimum absolute atomic E-state index is 0.0311. The number of carbonyl (C=O) groups is 2. The molecule has 3 N–H and O–H groups in total. The number of carbonyl (C=O) groups excluding carboxylic acids is 2. The first-order chi connectivity index (χ1) is 15.1. The molecule has 2 heterocycles. The summed E-state index contributed by atoms with van der Waals surface area (Å²) in [5.74, 6) is -0.226. The second-order valence-corrected chi connectivity index (χ2v) is 7.38. The highest BCUT2D eigenvalue weighted by atomic mass is 16.2. The van der Waals surface area contributed by atoms with Crippen LogP contribution in [0.3, 0.4) is 0 Å². The molecule has 2 aromatic heterocycles. The Morgan fingerprint density at radius 2 is 1.81 bits per heavy atom. The Labute approximate surface area is 179 Å². The third-order valence-corrected chi connectivity index (χ3v) is 5.17. The van der Waals surface area contributed by atoms with Crippen LogP contribution in [0, 0.1) is 0 Å². The maximum atomic E-state index is 12.3. The molecule has 2 amide bonds. The monoisotopic (exact) mass is 416 g/mol. The third kappa shape index (κ3) is 4.98. The van der Waals surface area contributed by atoms with Crippen LogP contribution >= 0.6 is 0 Å². The van der Waals surface area contributed by atoms with Gasteiger partial charge in [0.2, 0.25) is 11.8 Å². The van der Waals surface area contributed by atoms with Crippen LogP contribution in [0.5, 0.6) is 0 Å². The van der Waals surface area contributed by atoms with E-state index in [0.29, 0.717) is 17.8 Å². The Morgan fingerprint density at radius 1 is 1.06 bits per heavy atom. The summed E-state index contributed by atoms with van der Waals surface area (Å²) >= 11 is 0. The molecule has 4 aromatic rings. The second kappa shape index (κ2) is 9.25. The second-order valence-electron chi connectivity index (χ2n) is 7.38. The first-order valence-electron chi connectivity index (χ1n) is 10.2. The van der Waals surface area contributed by atoms with Crippen LogP contribution < -0.4 is 10.6 Å². The largest absolute Gasteiger partial charge is 0.361 e. The van der Waals surface area contributed by atoms with Gasteiger partial charge in [0.15, 0.2) is 0 Å². The molecule has 0 aliphatic heterocycles. The molecule has 4 rings (SSSR count). The fourth-order valence-electron chi connectivity index (χ4n) is 3.42. The molecule has 8 nitrogen and oxygen atoms in total. The minimum Gasteiger partial charge on any atom is -0.361 e. The molecule has 158 valence electrons. The lowest BCUT2D eigenvalue weighted by molar-refractivity contribution is -0.119. The lowest BCUT2D eigenvalue weighted by atomic mass is 10.1. The van der Waals surface area contributed by atoms with Crippen LogP contribution in [0.4, 0.5) is 11.4 Å². The SMILES string of the molecule is CC(C(=O)Nc1ccc(NC(=O)CCCc2c[nH]c3ccccc23)cc1)n1cncn1. The third-order valence-electron chi connectivity index (χ3n) is 5.17. The van der Waals surface area contributed by atoms with Crippen LogP contribution in [0.15, 0.2) is 67.4 Å². The number of hydrogen-bond acceptors (Lipinski definition) is 4. The van der Waals surface area contributed by atoms with Crippen molar-refractivity contribution in [3.05, 3.63) is 72.9 Å². The predicted octanol–water partition coefficient (Wildman–Crippen LogP) is 3.92. The number of aromatic amines is 1. The number of amides is 2. The summed E-state index contributed by atoms with van der Waals surface area (Å²) in [5.41, 5.74) is 3.68. The fraction of sp³-hybridized carbons (Fsp3) is 0.217. The van der Waals surface area contributed by atoms with Gasteiger partial charge in [0.05, 0.1) is 0 Å². The van der Waals surface area contributed by atoms with Gasteiger partial charge in [-0.3, -0.25) is 9.59 Å². The molecule has 8 heteroatoms. The van der Waals surface area contributed by atoms with E-state index in [4.69, 9.17) is 0 Å². The van der Waals surface area contributed by atoms with Gasteiger partial charge in [-0.15, -0.1) is 0 Å². The average molecular weight is 416 g/mol. The highest BCUT2D eigenvalue weighted by Crippen LogP contribution is 2.20. The molecule has 0 spiro atoms. The Kier molecular flexibility index (Phi) is 6.07. The quantitative estimate of drug-likeness (QED) is 0.405. The summed E-state index contributed by atoms with van der Waals surface area (Å²) in [6.45, 7) is 1.74. The lowest BCUT2D eigenvalue weighted by Gasteiger charge is -2.12. The molecular weight excluding hydrogens is 392 g/mol. The Bertz CT molecular complexity index is 1160. The first kappa shape index (κ1) is 20.3. The normalized spacial score (nSPS) is 11.9. The molecule has 1 unspecified atom stereocenters. The number of para-hydroxylation sites is 1. The molecule has 1 atom stereocenters.